The molecule has 0 radical (unpaired) electrons. The predicted octanol–water partition coefficient (Wildman–Crippen LogP) is 4.20. The number of fused-ring (bicyclic) bond motifs is 2. The normalized spacial score (nSPS) is 19.8. The molecule has 5 rings (SSSR count). The van der Waals surface area contributed by atoms with Gasteiger partial charge >= 0.3 is 0 Å². The second-order valence-corrected chi connectivity index (χ2v) is 9.13. The molecular formula is C24H31N7. The standard InChI is InChI=1S/C24H31N7/c1-13(2)21-22(18-11-31-24(26-12-27-31)15(4)14(18)3)28-19-7-8-20(29-23(19)21)30-10-9-25-16(5)17(30)6/h7-8,11-13,16-17,25,28H,9-10H2,1-6H3. The third-order valence-corrected chi connectivity index (χ3v) is 6.97. The molecule has 1 aliphatic rings. The molecule has 31 heavy (non-hydrogen) atoms. The van der Waals surface area contributed by atoms with Gasteiger partial charge < -0.3 is 15.2 Å². The van der Waals surface area contributed by atoms with Gasteiger partial charge in [-0.05, 0) is 56.9 Å². The summed E-state index contributed by atoms with van der Waals surface area (Å²) < 4.78 is 1.87. The molecule has 5 heterocycles. The molecule has 162 valence electrons. The Kier molecular flexibility index (Phi) is 4.73. The number of rotatable bonds is 3. The third-order valence-electron chi connectivity index (χ3n) is 6.97. The number of anilines is 1. The molecule has 1 saturated heterocycles. The molecule has 1 aliphatic heterocycles. The van der Waals surface area contributed by atoms with Crippen LogP contribution in [0.15, 0.2) is 24.7 Å². The number of nitrogens with zero attached hydrogens (tertiary/aromatic N) is 5. The Morgan fingerprint density at radius 2 is 1.94 bits per heavy atom. The van der Waals surface area contributed by atoms with Gasteiger partial charge in [0.25, 0.3) is 0 Å². The van der Waals surface area contributed by atoms with E-state index in [2.05, 4.69) is 85.2 Å². The maximum atomic E-state index is 5.19. The predicted molar refractivity (Wildman–Crippen MR) is 126 cm³/mol. The zero-order chi connectivity index (χ0) is 21.9. The maximum Gasteiger partial charge on any atom is 0.158 e. The van der Waals surface area contributed by atoms with Crippen LogP contribution in [0.1, 0.15) is 50.3 Å². The van der Waals surface area contributed by atoms with Gasteiger partial charge in [-0.2, -0.15) is 5.10 Å². The first kappa shape index (κ1) is 20.0. The van der Waals surface area contributed by atoms with Crippen molar-refractivity contribution >= 4 is 22.5 Å². The molecule has 2 atom stereocenters. The highest BCUT2D eigenvalue weighted by atomic mass is 15.3. The summed E-state index contributed by atoms with van der Waals surface area (Å²) in [5, 5.41) is 7.95. The number of nitrogens with one attached hydrogen (secondary N) is 2. The highest BCUT2D eigenvalue weighted by Gasteiger charge is 2.27. The average Bonchev–Trinajstić information content (AvgIpc) is 3.36. The van der Waals surface area contributed by atoms with Crippen molar-refractivity contribution in [1.29, 1.82) is 0 Å². The Hall–Kier alpha value is -2.93. The van der Waals surface area contributed by atoms with Crippen LogP contribution in [0.5, 0.6) is 0 Å². The minimum absolute atomic E-state index is 0.331. The van der Waals surface area contributed by atoms with Gasteiger partial charge in [-0.25, -0.2) is 14.5 Å². The minimum atomic E-state index is 0.331. The van der Waals surface area contributed by atoms with Crippen LogP contribution >= 0.6 is 0 Å². The van der Waals surface area contributed by atoms with Crippen molar-refractivity contribution in [2.45, 2.75) is 59.5 Å². The van der Waals surface area contributed by atoms with Crippen LogP contribution < -0.4 is 10.2 Å². The molecule has 2 unspecified atom stereocenters. The maximum absolute atomic E-state index is 5.19. The van der Waals surface area contributed by atoms with Crippen LogP contribution in [0.25, 0.3) is 27.9 Å². The molecule has 7 nitrogen and oxygen atoms in total. The first-order valence-corrected chi connectivity index (χ1v) is 11.2. The molecule has 1 fully saturated rings. The molecule has 0 saturated carbocycles. The van der Waals surface area contributed by atoms with Gasteiger partial charge in [0, 0.05) is 42.5 Å². The van der Waals surface area contributed by atoms with Crippen molar-refractivity contribution in [1.82, 2.24) is 29.9 Å². The lowest BCUT2D eigenvalue weighted by atomic mass is 9.95. The van der Waals surface area contributed by atoms with Crippen molar-refractivity contribution in [3.05, 3.63) is 41.3 Å². The topological polar surface area (TPSA) is 74.1 Å². The monoisotopic (exact) mass is 417 g/mol. The largest absolute Gasteiger partial charge is 0.353 e. The van der Waals surface area contributed by atoms with Gasteiger partial charge in [0.1, 0.15) is 12.1 Å². The van der Waals surface area contributed by atoms with E-state index in [-0.39, 0.29) is 0 Å². The molecule has 0 aliphatic carbocycles. The number of aryl methyl sites for hydroxylation is 1. The first-order valence-electron chi connectivity index (χ1n) is 11.2. The number of pyridine rings is 2. The Bertz CT molecular complexity index is 1270. The fourth-order valence-electron chi connectivity index (χ4n) is 4.84. The van der Waals surface area contributed by atoms with Crippen LogP contribution in [0, 0.1) is 13.8 Å². The number of aromatic amines is 1. The molecule has 4 aromatic heterocycles. The van der Waals surface area contributed by atoms with E-state index >= 15 is 0 Å². The number of hydrogen-bond donors (Lipinski definition) is 2. The summed E-state index contributed by atoms with van der Waals surface area (Å²) in [5.74, 6) is 1.39. The molecule has 0 aromatic carbocycles. The summed E-state index contributed by atoms with van der Waals surface area (Å²) in [6.07, 6.45) is 3.70. The smallest absolute Gasteiger partial charge is 0.158 e. The zero-order valence-corrected chi connectivity index (χ0v) is 19.2. The van der Waals surface area contributed by atoms with Gasteiger partial charge in [-0.15, -0.1) is 0 Å². The third kappa shape index (κ3) is 3.10. The van der Waals surface area contributed by atoms with Gasteiger partial charge in [0.2, 0.25) is 0 Å². The number of piperazine rings is 1. The summed E-state index contributed by atoms with van der Waals surface area (Å²) in [6, 6.07) is 5.18. The number of hydrogen-bond acceptors (Lipinski definition) is 5. The Morgan fingerprint density at radius 3 is 2.71 bits per heavy atom. The fourth-order valence-corrected chi connectivity index (χ4v) is 4.84. The van der Waals surface area contributed by atoms with Crippen molar-refractivity contribution < 1.29 is 0 Å². The van der Waals surface area contributed by atoms with Crippen molar-refractivity contribution in [3.8, 4) is 11.3 Å². The van der Waals surface area contributed by atoms with Crippen LogP contribution in [-0.4, -0.2) is 49.7 Å². The van der Waals surface area contributed by atoms with E-state index in [0.29, 0.717) is 18.0 Å². The summed E-state index contributed by atoms with van der Waals surface area (Å²) in [5.41, 5.74) is 8.97. The molecule has 0 amide bonds. The van der Waals surface area contributed by atoms with E-state index in [0.717, 1.165) is 52.4 Å². The van der Waals surface area contributed by atoms with Crippen molar-refractivity contribution in [2.75, 3.05) is 18.0 Å². The summed E-state index contributed by atoms with van der Waals surface area (Å²) in [6.45, 7) is 15.2. The van der Waals surface area contributed by atoms with E-state index in [1.807, 2.05) is 4.52 Å². The second kappa shape index (κ2) is 7.34. The average molecular weight is 418 g/mol. The molecule has 2 N–H and O–H groups in total. The summed E-state index contributed by atoms with van der Waals surface area (Å²) in [4.78, 5) is 15.7. The minimum Gasteiger partial charge on any atom is -0.353 e. The van der Waals surface area contributed by atoms with Crippen molar-refractivity contribution in [3.63, 3.8) is 0 Å². The van der Waals surface area contributed by atoms with Crippen LogP contribution in [-0.2, 0) is 0 Å². The molecule has 0 bridgehead atoms. The number of H-pyrrole nitrogens is 1. The van der Waals surface area contributed by atoms with Gasteiger partial charge in [-0.1, -0.05) is 13.8 Å². The van der Waals surface area contributed by atoms with Crippen LogP contribution in [0.4, 0.5) is 5.82 Å². The Labute approximate surface area is 182 Å². The lowest BCUT2D eigenvalue weighted by molar-refractivity contribution is 0.402. The SMILES string of the molecule is Cc1c(-c2[nH]c3ccc(N4CCNC(C)C4C)nc3c2C(C)C)cn2ncnc2c1C. The van der Waals surface area contributed by atoms with Crippen LogP contribution in [0.2, 0.25) is 0 Å². The van der Waals surface area contributed by atoms with E-state index < -0.39 is 0 Å². The lowest BCUT2D eigenvalue weighted by Crippen LogP contribution is -2.55. The first-order chi connectivity index (χ1) is 14.9. The Balaban J connectivity index is 1.70. The zero-order valence-electron chi connectivity index (χ0n) is 19.2. The van der Waals surface area contributed by atoms with E-state index in [1.54, 1.807) is 6.33 Å². The number of aromatic nitrogens is 5. The van der Waals surface area contributed by atoms with Gasteiger partial charge in [0.05, 0.1) is 16.7 Å². The highest BCUT2D eigenvalue weighted by Crippen LogP contribution is 2.38. The van der Waals surface area contributed by atoms with E-state index in [4.69, 9.17) is 4.98 Å². The van der Waals surface area contributed by atoms with E-state index in [9.17, 15) is 0 Å². The van der Waals surface area contributed by atoms with Crippen LogP contribution in [0.3, 0.4) is 0 Å². The highest BCUT2D eigenvalue weighted by molar-refractivity contribution is 5.90. The summed E-state index contributed by atoms with van der Waals surface area (Å²) in [7, 11) is 0. The van der Waals surface area contributed by atoms with Gasteiger partial charge in [0.15, 0.2) is 5.65 Å². The molecule has 4 aromatic rings. The summed E-state index contributed by atoms with van der Waals surface area (Å²) >= 11 is 0. The lowest BCUT2D eigenvalue weighted by Gasteiger charge is -2.39. The molecule has 0 spiro atoms. The Morgan fingerprint density at radius 1 is 1.13 bits per heavy atom. The van der Waals surface area contributed by atoms with Gasteiger partial charge in [-0.3, -0.25) is 0 Å². The molecule has 7 heteroatoms. The fraction of sp³-hybridized carbons (Fsp3) is 0.458. The quantitative estimate of drug-likeness (QED) is 0.523. The van der Waals surface area contributed by atoms with Crippen molar-refractivity contribution in [2.24, 2.45) is 0 Å². The van der Waals surface area contributed by atoms with E-state index in [1.165, 1.54) is 11.1 Å². The second-order valence-electron chi connectivity index (χ2n) is 9.13. The molecular weight excluding hydrogens is 386 g/mol.